The molecule has 0 aromatic heterocycles. The first-order valence-corrected chi connectivity index (χ1v) is 9.23. The zero-order valence-electron chi connectivity index (χ0n) is 15.9. The SMILES string of the molecule is C[C@@H]1CN(C(=O)Nc2ccc(N3C[C@H](C)O[C@@H](C)C3)c(F)c2)C[C@H](C)O1. The quantitative estimate of drug-likeness (QED) is 0.875. The summed E-state index contributed by atoms with van der Waals surface area (Å²) < 4.78 is 26.0. The maximum atomic E-state index is 14.6. The highest BCUT2D eigenvalue weighted by Crippen LogP contribution is 2.26. The summed E-state index contributed by atoms with van der Waals surface area (Å²) in [5, 5.41) is 2.79. The number of hydrogen-bond donors (Lipinski definition) is 1. The second kappa shape index (κ2) is 7.80. The Morgan fingerprint density at radius 3 is 2.08 bits per heavy atom. The predicted molar refractivity (Wildman–Crippen MR) is 99.2 cm³/mol. The average Bonchev–Trinajstić information content (AvgIpc) is 2.53. The van der Waals surface area contributed by atoms with E-state index < -0.39 is 0 Å². The number of carbonyl (C=O) groups excluding carboxylic acids is 1. The van der Waals surface area contributed by atoms with Gasteiger partial charge in [-0.15, -0.1) is 0 Å². The molecule has 0 bridgehead atoms. The third-order valence-corrected chi connectivity index (χ3v) is 4.67. The first kappa shape index (κ1) is 18.9. The minimum Gasteiger partial charge on any atom is -0.372 e. The van der Waals surface area contributed by atoms with Gasteiger partial charge < -0.3 is 24.6 Å². The van der Waals surface area contributed by atoms with Crippen LogP contribution in [-0.4, -0.2) is 61.5 Å². The molecule has 3 rings (SSSR count). The molecule has 2 heterocycles. The summed E-state index contributed by atoms with van der Waals surface area (Å²) in [5.41, 5.74) is 0.996. The van der Waals surface area contributed by atoms with Crippen LogP contribution in [0.1, 0.15) is 27.7 Å². The predicted octanol–water partition coefficient (Wildman–Crippen LogP) is 3.08. The van der Waals surface area contributed by atoms with Gasteiger partial charge in [0.25, 0.3) is 0 Å². The largest absolute Gasteiger partial charge is 0.372 e. The molecule has 0 spiro atoms. The molecule has 0 aliphatic carbocycles. The maximum Gasteiger partial charge on any atom is 0.322 e. The van der Waals surface area contributed by atoms with E-state index in [4.69, 9.17) is 9.47 Å². The molecule has 2 saturated heterocycles. The lowest BCUT2D eigenvalue weighted by Gasteiger charge is -2.37. The van der Waals surface area contributed by atoms with Gasteiger partial charge in [-0.2, -0.15) is 0 Å². The van der Waals surface area contributed by atoms with E-state index in [-0.39, 0.29) is 36.3 Å². The van der Waals surface area contributed by atoms with Gasteiger partial charge >= 0.3 is 6.03 Å². The van der Waals surface area contributed by atoms with Crippen LogP contribution >= 0.6 is 0 Å². The molecule has 7 heteroatoms. The van der Waals surface area contributed by atoms with Gasteiger partial charge in [-0.1, -0.05) is 0 Å². The molecular formula is C19H28FN3O3. The van der Waals surface area contributed by atoms with Crippen LogP contribution in [0.3, 0.4) is 0 Å². The van der Waals surface area contributed by atoms with Crippen molar-refractivity contribution in [3.05, 3.63) is 24.0 Å². The molecule has 144 valence electrons. The van der Waals surface area contributed by atoms with Crippen molar-refractivity contribution in [2.45, 2.75) is 52.1 Å². The van der Waals surface area contributed by atoms with Gasteiger partial charge in [-0.3, -0.25) is 0 Å². The summed E-state index contributed by atoms with van der Waals surface area (Å²) in [5.74, 6) is -0.340. The first-order valence-electron chi connectivity index (χ1n) is 9.23. The van der Waals surface area contributed by atoms with E-state index >= 15 is 0 Å². The molecule has 4 atom stereocenters. The Hall–Kier alpha value is -1.86. The molecule has 0 saturated carbocycles. The number of morpholine rings is 2. The van der Waals surface area contributed by atoms with E-state index in [0.717, 1.165) is 0 Å². The second-order valence-corrected chi connectivity index (χ2v) is 7.42. The van der Waals surface area contributed by atoms with Crippen LogP contribution in [0.2, 0.25) is 0 Å². The van der Waals surface area contributed by atoms with Crippen molar-refractivity contribution in [1.29, 1.82) is 0 Å². The number of hydrogen-bond acceptors (Lipinski definition) is 4. The third-order valence-electron chi connectivity index (χ3n) is 4.67. The lowest BCUT2D eigenvalue weighted by atomic mass is 10.2. The highest BCUT2D eigenvalue weighted by atomic mass is 19.1. The Kier molecular flexibility index (Phi) is 5.67. The monoisotopic (exact) mass is 365 g/mol. The molecule has 1 N–H and O–H groups in total. The van der Waals surface area contributed by atoms with Crippen LogP contribution in [0.25, 0.3) is 0 Å². The Morgan fingerprint density at radius 2 is 1.54 bits per heavy atom. The van der Waals surface area contributed by atoms with E-state index in [9.17, 15) is 9.18 Å². The lowest BCUT2D eigenvalue weighted by Crippen LogP contribution is -2.49. The molecule has 0 unspecified atom stereocenters. The van der Waals surface area contributed by atoms with E-state index in [0.29, 0.717) is 37.6 Å². The van der Waals surface area contributed by atoms with Gasteiger partial charge in [0.05, 0.1) is 30.1 Å². The number of ether oxygens (including phenoxy) is 2. The average molecular weight is 365 g/mol. The fourth-order valence-corrected chi connectivity index (χ4v) is 3.76. The van der Waals surface area contributed by atoms with Crippen LogP contribution in [0.15, 0.2) is 18.2 Å². The van der Waals surface area contributed by atoms with Crippen molar-refractivity contribution in [3.8, 4) is 0 Å². The number of halogens is 1. The Balaban J connectivity index is 1.66. The molecular weight excluding hydrogens is 337 g/mol. The Labute approximate surface area is 154 Å². The number of rotatable bonds is 2. The molecule has 1 aromatic carbocycles. The Morgan fingerprint density at radius 1 is 1.00 bits per heavy atom. The normalized spacial score (nSPS) is 29.6. The summed E-state index contributed by atoms with van der Waals surface area (Å²) >= 11 is 0. The summed E-state index contributed by atoms with van der Waals surface area (Å²) in [6.45, 7) is 10.2. The fraction of sp³-hybridized carbons (Fsp3) is 0.632. The number of urea groups is 1. The van der Waals surface area contributed by atoms with Crippen molar-refractivity contribution in [1.82, 2.24) is 4.90 Å². The number of amides is 2. The van der Waals surface area contributed by atoms with E-state index in [1.165, 1.54) is 6.07 Å². The number of benzene rings is 1. The third kappa shape index (κ3) is 4.45. The first-order chi connectivity index (χ1) is 12.3. The van der Waals surface area contributed by atoms with Gasteiger partial charge in [0.1, 0.15) is 5.82 Å². The molecule has 2 aliphatic rings. The lowest BCUT2D eigenvalue weighted by molar-refractivity contribution is -0.0530. The molecule has 1 aromatic rings. The summed E-state index contributed by atoms with van der Waals surface area (Å²) in [4.78, 5) is 16.1. The smallest absolute Gasteiger partial charge is 0.322 e. The minimum absolute atomic E-state index is 0.00564. The van der Waals surface area contributed by atoms with E-state index in [1.807, 2.05) is 32.6 Å². The molecule has 2 fully saturated rings. The van der Waals surface area contributed by atoms with Crippen molar-refractivity contribution >= 4 is 17.4 Å². The molecule has 2 amide bonds. The van der Waals surface area contributed by atoms with Gasteiger partial charge in [0.15, 0.2) is 0 Å². The fourth-order valence-electron chi connectivity index (χ4n) is 3.76. The highest BCUT2D eigenvalue weighted by molar-refractivity contribution is 5.89. The van der Waals surface area contributed by atoms with Crippen molar-refractivity contribution < 1.29 is 18.7 Å². The van der Waals surface area contributed by atoms with Gasteiger partial charge in [-0.05, 0) is 45.9 Å². The maximum absolute atomic E-state index is 14.6. The van der Waals surface area contributed by atoms with E-state index in [2.05, 4.69) is 5.32 Å². The van der Waals surface area contributed by atoms with Crippen LogP contribution in [0, 0.1) is 5.82 Å². The summed E-state index contributed by atoms with van der Waals surface area (Å²) in [6.07, 6.45) is 0.105. The van der Waals surface area contributed by atoms with Crippen LogP contribution in [0.5, 0.6) is 0 Å². The molecule has 26 heavy (non-hydrogen) atoms. The second-order valence-electron chi connectivity index (χ2n) is 7.42. The minimum atomic E-state index is -0.340. The molecule has 6 nitrogen and oxygen atoms in total. The standard InChI is InChI=1S/C19H28FN3O3/c1-12-8-22(9-13(2)25-12)18-6-5-16(7-17(18)20)21-19(24)23-10-14(3)26-15(4)11-23/h5-7,12-15H,8-11H2,1-4H3,(H,21,24)/t12-,13-,14-,15+/m0/s1. The number of nitrogens with one attached hydrogen (secondary N) is 1. The van der Waals surface area contributed by atoms with Crippen LogP contribution in [-0.2, 0) is 9.47 Å². The zero-order valence-corrected chi connectivity index (χ0v) is 15.9. The van der Waals surface area contributed by atoms with Gasteiger partial charge in [0, 0.05) is 31.9 Å². The number of anilines is 2. The topological polar surface area (TPSA) is 54.0 Å². The molecule has 2 aliphatic heterocycles. The molecule has 0 radical (unpaired) electrons. The van der Waals surface area contributed by atoms with Crippen molar-refractivity contribution in [2.24, 2.45) is 0 Å². The number of carbonyl (C=O) groups is 1. The van der Waals surface area contributed by atoms with Gasteiger partial charge in [-0.25, -0.2) is 9.18 Å². The summed E-state index contributed by atoms with van der Waals surface area (Å²) in [6, 6.07) is 4.62. The highest BCUT2D eigenvalue weighted by Gasteiger charge is 2.27. The van der Waals surface area contributed by atoms with Crippen LogP contribution in [0.4, 0.5) is 20.6 Å². The Bertz CT molecular complexity index is 637. The van der Waals surface area contributed by atoms with Crippen LogP contribution < -0.4 is 10.2 Å². The van der Waals surface area contributed by atoms with E-state index in [1.54, 1.807) is 17.0 Å². The summed E-state index contributed by atoms with van der Waals surface area (Å²) in [7, 11) is 0. The van der Waals surface area contributed by atoms with Crippen molar-refractivity contribution in [3.63, 3.8) is 0 Å². The number of nitrogens with zero attached hydrogens (tertiary/aromatic N) is 2. The van der Waals surface area contributed by atoms with Crippen molar-refractivity contribution in [2.75, 3.05) is 36.4 Å². The zero-order chi connectivity index (χ0) is 18.8. The van der Waals surface area contributed by atoms with Gasteiger partial charge in [0.2, 0.25) is 0 Å².